The Kier molecular flexibility index (Phi) is 3.86. The summed E-state index contributed by atoms with van der Waals surface area (Å²) in [5.41, 5.74) is 0. The zero-order chi connectivity index (χ0) is 8.10. The smallest absolute Gasteiger partial charge is 0.303 e. The monoisotopic (exact) mass is 190 g/mol. The molecule has 4 heteroatoms. The van der Waals surface area contributed by atoms with E-state index in [9.17, 15) is 4.79 Å². The van der Waals surface area contributed by atoms with Crippen LogP contribution in [0, 0.1) is 0 Å². The van der Waals surface area contributed by atoms with E-state index in [0.29, 0.717) is 11.7 Å². The van der Waals surface area contributed by atoms with Gasteiger partial charge >= 0.3 is 5.97 Å². The molecule has 1 aliphatic rings. The van der Waals surface area contributed by atoms with Crippen LogP contribution in [0.25, 0.3) is 0 Å². The predicted octanol–water partition coefficient (Wildman–Crippen LogP) is 2.52. The molecule has 0 radical (unpaired) electrons. The summed E-state index contributed by atoms with van der Waals surface area (Å²) in [6.07, 6.45) is 4.21. The fourth-order valence-corrected chi connectivity index (χ4v) is 3.11. The molecule has 1 atom stereocenters. The van der Waals surface area contributed by atoms with E-state index in [1.54, 1.807) is 21.6 Å². The van der Waals surface area contributed by atoms with Crippen LogP contribution in [0.5, 0.6) is 0 Å². The van der Waals surface area contributed by atoms with Crippen molar-refractivity contribution < 1.29 is 9.90 Å². The molecule has 0 spiro atoms. The molecule has 0 aromatic rings. The molecule has 0 fully saturated rings. The van der Waals surface area contributed by atoms with Crippen molar-refractivity contribution in [1.29, 1.82) is 0 Å². The van der Waals surface area contributed by atoms with Crippen LogP contribution in [0.15, 0.2) is 11.5 Å². The summed E-state index contributed by atoms with van der Waals surface area (Å²) in [6, 6.07) is 0. The van der Waals surface area contributed by atoms with Crippen molar-refractivity contribution in [2.45, 2.75) is 24.5 Å². The Hall–Kier alpha value is -0.0900. The Morgan fingerprint density at radius 2 is 2.45 bits per heavy atom. The Morgan fingerprint density at radius 3 is 3.00 bits per heavy atom. The van der Waals surface area contributed by atoms with Gasteiger partial charge in [0.15, 0.2) is 0 Å². The summed E-state index contributed by atoms with van der Waals surface area (Å²) >= 11 is 0. The van der Waals surface area contributed by atoms with Gasteiger partial charge in [0.05, 0.1) is 0 Å². The van der Waals surface area contributed by atoms with Crippen LogP contribution in [0.3, 0.4) is 0 Å². The minimum absolute atomic E-state index is 0.301. The maximum absolute atomic E-state index is 10.1. The highest BCUT2D eigenvalue weighted by molar-refractivity contribution is 8.78. The zero-order valence-electron chi connectivity index (χ0n) is 6.03. The third kappa shape index (κ3) is 3.72. The van der Waals surface area contributed by atoms with Gasteiger partial charge < -0.3 is 5.11 Å². The van der Waals surface area contributed by atoms with E-state index in [1.807, 2.05) is 0 Å². The van der Waals surface area contributed by atoms with Crippen molar-refractivity contribution >= 4 is 27.6 Å². The number of hydrogen-bond acceptors (Lipinski definition) is 3. The van der Waals surface area contributed by atoms with Crippen molar-refractivity contribution in [3.8, 4) is 0 Å². The number of rotatable bonds is 4. The van der Waals surface area contributed by atoms with E-state index in [4.69, 9.17) is 5.11 Å². The second kappa shape index (κ2) is 4.72. The first kappa shape index (κ1) is 9.00. The van der Waals surface area contributed by atoms with Gasteiger partial charge in [0.2, 0.25) is 0 Å². The Morgan fingerprint density at radius 1 is 1.64 bits per heavy atom. The lowest BCUT2D eigenvalue weighted by atomic mass is 10.2. The minimum atomic E-state index is -0.690. The molecular weight excluding hydrogens is 180 g/mol. The second-order valence-electron chi connectivity index (χ2n) is 2.35. The molecule has 0 aliphatic carbocycles. The molecule has 1 heterocycles. The average molecular weight is 190 g/mol. The number of aliphatic carboxylic acids is 1. The predicted molar refractivity (Wildman–Crippen MR) is 49.6 cm³/mol. The maximum atomic E-state index is 10.1. The number of carboxylic acids is 1. The molecule has 0 saturated heterocycles. The number of hydrogen-bond donors (Lipinski definition) is 1. The van der Waals surface area contributed by atoms with Crippen molar-refractivity contribution in [3.63, 3.8) is 0 Å². The normalized spacial score (nSPS) is 22.4. The first-order valence-electron chi connectivity index (χ1n) is 3.49. The van der Waals surface area contributed by atoms with Crippen LogP contribution in [-0.4, -0.2) is 16.3 Å². The average Bonchev–Trinajstić information content (AvgIpc) is 2.39. The van der Waals surface area contributed by atoms with Crippen LogP contribution in [-0.2, 0) is 4.79 Å². The Balaban J connectivity index is 2.03. The van der Waals surface area contributed by atoms with E-state index in [-0.39, 0.29) is 0 Å². The lowest BCUT2D eigenvalue weighted by Crippen LogP contribution is -1.98. The molecule has 11 heavy (non-hydrogen) atoms. The van der Waals surface area contributed by atoms with Crippen LogP contribution in [0.4, 0.5) is 0 Å². The molecule has 0 amide bonds. The molecule has 1 aliphatic heterocycles. The van der Waals surface area contributed by atoms with Crippen molar-refractivity contribution in [1.82, 2.24) is 0 Å². The van der Waals surface area contributed by atoms with E-state index in [1.165, 1.54) is 0 Å². The summed E-state index contributed by atoms with van der Waals surface area (Å²) in [5.74, 6) is -0.690. The molecular formula is C7H10O2S2. The van der Waals surface area contributed by atoms with Crippen LogP contribution in [0.2, 0.25) is 0 Å². The van der Waals surface area contributed by atoms with Gasteiger partial charge in [-0.1, -0.05) is 27.7 Å². The molecule has 1 N–H and O–H groups in total. The van der Waals surface area contributed by atoms with E-state index in [0.717, 1.165) is 12.8 Å². The van der Waals surface area contributed by atoms with E-state index < -0.39 is 5.97 Å². The molecule has 0 aromatic carbocycles. The van der Waals surface area contributed by atoms with Crippen molar-refractivity contribution in [2.24, 2.45) is 0 Å². The van der Waals surface area contributed by atoms with Gasteiger partial charge in [-0.05, 0) is 18.2 Å². The van der Waals surface area contributed by atoms with Crippen molar-refractivity contribution in [2.75, 3.05) is 0 Å². The molecule has 1 unspecified atom stereocenters. The first-order chi connectivity index (χ1) is 5.29. The molecule has 1 rings (SSSR count). The number of carbonyl (C=O) groups is 1. The zero-order valence-corrected chi connectivity index (χ0v) is 7.66. The van der Waals surface area contributed by atoms with Gasteiger partial charge in [-0.2, -0.15) is 0 Å². The van der Waals surface area contributed by atoms with Gasteiger partial charge in [0, 0.05) is 11.7 Å². The first-order valence-corrected chi connectivity index (χ1v) is 5.77. The van der Waals surface area contributed by atoms with Crippen molar-refractivity contribution in [3.05, 3.63) is 11.5 Å². The topological polar surface area (TPSA) is 37.3 Å². The van der Waals surface area contributed by atoms with Gasteiger partial charge in [-0.25, -0.2) is 0 Å². The molecule has 0 bridgehead atoms. The van der Waals surface area contributed by atoms with Crippen LogP contribution >= 0.6 is 21.6 Å². The highest BCUT2D eigenvalue weighted by Crippen LogP contribution is 2.37. The highest BCUT2D eigenvalue weighted by atomic mass is 33.1. The molecule has 2 nitrogen and oxygen atoms in total. The summed E-state index contributed by atoms with van der Waals surface area (Å²) in [6.45, 7) is 0. The minimum Gasteiger partial charge on any atom is -0.481 e. The summed E-state index contributed by atoms with van der Waals surface area (Å²) in [4.78, 5) is 10.1. The molecule has 0 saturated carbocycles. The molecule has 0 aromatic heterocycles. The van der Waals surface area contributed by atoms with Gasteiger partial charge in [0.25, 0.3) is 0 Å². The maximum Gasteiger partial charge on any atom is 0.303 e. The largest absolute Gasteiger partial charge is 0.481 e. The van der Waals surface area contributed by atoms with Gasteiger partial charge in [-0.15, -0.1) is 0 Å². The highest BCUT2D eigenvalue weighted by Gasteiger charge is 2.10. The number of carboxylic acid groups (broad SMARTS) is 1. The third-order valence-corrected chi connectivity index (χ3v) is 3.83. The summed E-state index contributed by atoms with van der Waals surface area (Å²) < 4.78 is 0. The Bertz CT molecular complexity index is 168. The Labute approximate surface area is 73.8 Å². The van der Waals surface area contributed by atoms with E-state index >= 15 is 0 Å². The fourth-order valence-electron chi connectivity index (χ4n) is 0.854. The quantitative estimate of drug-likeness (QED) is 0.691. The lowest BCUT2D eigenvalue weighted by Gasteiger charge is -2.02. The summed E-state index contributed by atoms with van der Waals surface area (Å²) in [7, 11) is 3.54. The lowest BCUT2D eigenvalue weighted by molar-refractivity contribution is -0.137. The van der Waals surface area contributed by atoms with E-state index in [2.05, 4.69) is 11.5 Å². The second-order valence-corrected chi connectivity index (χ2v) is 4.76. The van der Waals surface area contributed by atoms with Gasteiger partial charge in [-0.3, -0.25) is 4.79 Å². The fraction of sp³-hybridized carbons (Fsp3) is 0.571. The molecule has 62 valence electrons. The summed E-state index contributed by atoms with van der Waals surface area (Å²) in [5, 5.41) is 11.0. The van der Waals surface area contributed by atoms with Gasteiger partial charge in [0.1, 0.15) is 0 Å². The van der Waals surface area contributed by atoms with Crippen LogP contribution < -0.4 is 0 Å². The van der Waals surface area contributed by atoms with Crippen LogP contribution in [0.1, 0.15) is 19.3 Å². The third-order valence-electron chi connectivity index (χ3n) is 1.41. The standard InChI is InChI=1S/C7H10O2S2/c8-7(9)3-1-2-6-4-5-10-11-6/h4-6H,1-3H2,(H,8,9). The SMILES string of the molecule is O=C(O)CCCC1C=CSS1.